The molecular formula is C25H40O5. The Hall–Kier alpha value is -1.62. The average molecular weight is 421 g/mol. The SMILES string of the molecule is C=C1CCC2C(C)(C)CCC[C@@]2(C)[C@@H]1CC/C(C)=C/C(=O)OC[C@@H](O)COC(C)=O. The number of hydrogen-bond donors (Lipinski definition) is 1. The van der Waals surface area contributed by atoms with E-state index >= 15 is 0 Å². The van der Waals surface area contributed by atoms with Gasteiger partial charge in [0.2, 0.25) is 0 Å². The largest absolute Gasteiger partial charge is 0.463 e. The van der Waals surface area contributed by atoms with Gasteiger partial charge in [-0.15, -0.1) is 0 Å². The van der Waals surface area contributed by atoms with E-state index in [1.807, 2.05) is 6.92 Å². The lowest BCUT2D eigenvalue weighted by molar-refractivity contribution is -0.148. The fourth-order valence-electron chi connectivity index (χ4n) is 5.93. The van der Waals surface area contributed by atoms with Crippen molar-refractivity contribution < 1.29 is 24.2 Å². The number of aliphatic hydroxyl groups is 1. The van der Waals surface area contributed by atoms with Crippen LogP contribution in [0.3, 0.4) is 0 Å². The van der Waals surface area contributed by atoms with Gasteiger partial charge in [-0.05, 0) is 68.1 Å². The van der Waals surface area contributed by atoms with Gasteiger partial charge >= 0.3 is 11.9 Å². The summed E-state index contributed by atoms with van der Waals surface area (Å²) in [6, 6.07) is 0. The first kappa shape index (κ1) is 24.6. The van der Waals surface area contributed by atoms with Crippen molar-refractivity contribution in [3.63, 3.8) is 0 Å². The van der Waals surface area contributed by atoms with E-state index in [-0.39, 0.29) is 13.2 Å². The maximum atomic E-state index is 12.1. The molecule has 0 spiro atoms. The summed E-state index contributed by atoms with van der Waals surface area (Å²) < 4.78 is 9.77. The molecule has 1 unspecified atom stereocenters. The third-order valence-electron chi connectivity index (χ3n) is 7.41. The lowest BCUT2D eigenvalue weighted by atomic mass is 9.47. The molecule has 0 radical (unpaired) electrons. The Morgan fingerprint density at radius 2 is 1.87 bits per heavy atom. The monoisotopic (exact) mass is 420 g/mol. The van der Waals surface area contributed by atoms with Gasteiger partial charge in [0.1, 0.15) is 19.3 Å². The van der Waals surface area contributed by atoms with Crippen molar-refractivity contribution in [3.05, 3.63) is 23.8 Å². The second kappa shape index (κ2) is 10.1. The highest BCUT2D eigenvalue weighted by atomic mass is 16.6. The maximum absolute atomic E-state index is 12.1. The molecule has 2 saturated carbocycles. The van der Waals surface area contributed by atoms with Crippen molar-refractivity contribution in [2.75, 3.05) is 13.2 Å². The number of allylic oxidation sites excluding steroid dienone is 2. The molecular weight excluding hydrogens is 380 g/mol. The van der Waals surface area contributed by atoms with Crippen LogP contribution in [0.2, 0.25) is 0 Å². The lowest BCUT2D eigenvalue weighted by Crippen LogP contribution is -2.49. The number of aliphatic hydroxyl groups excluding tert-OH is 1. The molecule has 170 valence electrons. The first-order valence-electron chi connectivity index (χ1n) is 11.3. The van der Waals surface area contributed by atoms with Gasteiger partial charge in [0, 0.05) is 13.0 Å². The number of hydrogen-bond acceptors (Lipinski definition) is 5. The zero-order chi connectivity index (χ0) is 22.5. The molecule has 0 aromatic heterocycles. The number of carbonyl (C=O) groups excluding carboxylic acids is 2. The van der Waals surface area contributed by atoms with E-state index in [9.17, 15) is 14.7 Å². The average Bonchev–Trinajstić information content (AvgIpc) is 2.63. The zero-order valence-corrected chi connectivity index (χ0v) is 19.5. The normalized spacial score (nSPS) is 29.7. The van der Waals surface area contributed by atoms with E-state index in [0.717, 1.165) is 30.8 Å². The Kier molecular flexibility index (Phi) is 8.32. The fraction of sp³-hybridized carbons (Fsp3) is 0.760. The van der Waals surface area contributed by atoms with Gasteiger partial charge < -0.3 is 14.6 Å². The topological polar surface area (TPSA) is 72.8 Å². The Morgan fingerprint density at radius 3 is 2.53 bits per heavy atom. The molecule has 1 N–H and O–H groups in total. The van der Waals surface area contributed by atoms with E-state index in [0.29, 0.717) is 16.7 Å². The number of ether oxygens (including phenoxy) is 2. The van der Waals surface area contributed by atoms with Gasteiger partial charge in [-0.1, -0.05) is 44.9 Å². The molecule has 0 heterocycles. The molecule has 2 fully saturated rings. The van der Waals surface area contributed by atoms with Crippen LogP contribution in [0.1, 0.15) is 79.6 Å². The highest BCUT2D eigenvalue weighted by Gasteiger charge is 2.52. The Labute approximate surface area is 181 Å². The van der Waals surface area contributed by atoms with Crippen LogP contribution < -0.4 is 0 Å². The quantitative estimate of drug-likeness (QED) is 0.341. The van der Waals surface area contributed by atoms with Gasteiger partial charge in [-0.2, -0.15) is 0 Å². The van der Waals surface area contributed by atoms with Crippen LogP contribution in [-0.4, -0.2) is 36.4 Å². The van der Waals surface area contributed by atoms with Crippen molar-refractivity contribution in [2.45, 2.75) is 85.7 Å². The molecule has 2 rings (SSSR count). The number of rotatable bonds is 8. The van der Waals surface area contributed by atoms with Crippen LogP contribution in [-0.2, 0) is 19.1 Å². The molecule has 5 heteroatoms. The molecule has 0 bridgehead atoms. The highest BCUT2D eigenvalue weighted by Crippen LogP contribution is 2.61. The maximum Gasteiger partial charge on any atom is 0.330 e. The minimum atomic E-state index is -1.01. The van der Waals surface area contributed by atoms with E-state index in [1.165, 1.54) is 44.3 Å². The first-order valence-corrected chi connectivity index (χ1v) is 11.3. The summed E-state index contributed by atoms with van der Waals surface area (Å²) in [5.74, 6) is 0.264. The van der Waals surface area contributed by atoms with Crippen LogP contribution >= 0.6 is 0 Å². The van der Waals surface area contributed by atoms with Crippen LogP contribution in [0.25, 0.3) is 0 Å². The molecule has 0 aromatic rings. The Balaban J connectivity index is 1.90. The number of carbonyl (C=O) groups is 2. The predicted molar refractivity (Wildman–Crippen MR) is 118 cm³/mol. The Bertz CT molecular complexity index is 677. The standard InChI is InChI=1S/C25H40O5/c1-17(14-23(28)30-16-20(27)15-29-19(3)26)8-10-21-18(2)9-11-22-24(4,5)12-7-13-25(21,22)6/h14,20-22,27H,2,7-13,15-16H2,1,3-6H3/b17-14+/t20-,21+,22?,25-/m0/s1. The molecule has 0 aromatic carbocycles. The van der Waals surface area contributed by atoms with Crippen LogP contribution in [0, 0.1) is 22.7 Å². The minimum absolute atomic E-state index is 0.175. The molecule has 0 amide bonds. The summed E-state index contributed by atoms with van der Waals surface area (Å²) in [5.41, 5.74) is 3.02. The van der Waals surface area contributed by atoms with Crippen molar-refractivity contribution in [2.24, 2.45) is 22.7 Å². The zero-order valence-electron chi connectivity index (χ0n) is 19.5. The summed E-state index contributed by atoms with van der Waals surface area (Å²) in [5, 5.41) is 9.68. The third kappa shape index (κ3) is 6.19. The van der Waals surface area contributed by atoms with Crippen molar-refractivity contribution in [3.8, 4) is 0 Å². The molecule has 0 saturated heterocycles. The summed E-state index contributed by atoms with van der Waals surface area (Å²) in [6.45, 7) is 14.6. The second-order valence-electron chi connectivity index (χ2n) is 10.3. The molecule has 5 nitrogen and oxygen atoms in total. The van der Waals surface area contributed by atoms with Crippen molar-refractivity contribution >= 4 is 11.9 Å². The van der Waals surface area contributed by atoms with Crippen molar-refractivity contribution in [1.29, 1.82) is 0 Å². The second-order valence-corrected chi connectivity index (χ2v) is 10.3. The minimum Gasteiger partial charge on any atom is -0.463 e. The molecule has 2 aliphatic rings. The summed E-state index contributed by atoms with van der Waals surface area (Å²) in [6.07, 6.45) is 8.54. The summed E-state index contributed by atoms with van der Waals surface area (Å²) in [4.78, 5) is 22.8. The predicted octanol–water partition coefficient (Wildman–Crippen LogP) is 4.98. The Morgan fingerprint density at radius 1 is 1.20 bits per heavy atom. The molecule has 4 atom stereocenters. The fourth-order valence-corrected chi connectivity index (χ4v) is 5.93. The van der Waals surface area contributed by atoms with Crippen LogP contribution in [0.4, 0.5) is 0 Å². The van der Waals surface area contributed by atoms with Gasteiger partial charge in [-0.3, -0.25) is 4.79 Å². The molecule has 0 aliphatic heterocycles. The van der Waals surface area contributed by atoms with E-state index < -0.39 is 18.0 Å². The van der Waals surface area contributed by atoms with Gasteiger partial charge in [0.05, 0.1) is 0 Å². The lowest BCUT2D eigenvalue weighted by Gasteiger charge is -2.58. The third-order valence-corrected chi connectivity index (χ3v) is 7.41. The van der Waals surface area contributed by atoms with Gasteiger partial charge in [0.15, 0.2) is 0 Å². The van der Waals surface area contributed by atoms with Crippen LogP contribution in [0.5, 0.6) is 0 Å². The van der Waals surface area contributed by atoms with E-state index in [4.69, 9.17) is 9.47 Å². The smallest absolute Gasteiger partial charge is 0.330 e. The van der Waals surface area contributed by atoms with Crippen LogP contribution in [0.15, 0.2) is 23.8 Å². The van der Waals surface area contributed by atoms with Crippen molar-refractivity contribution in [1.82, 2.24) is 0 Å². The molecule has 30 heavy (non-hydrogen) atoms. The van der Waals surface area contributed by atoms with E-state index in [1.54, 1.807) is 0 Å². The first-order chi connectivity index (χ1) is 14.0. The summed E-state index contributed by atoms with van der Waals surface area (Å²) in [7, 11) is 0. The summed E-state index contributed by atoms with van der Waals surface area (Å²) >= 11 is 0. The van der Waals surface area contributed by atoms with E-state index in [2.05, 4.69) is 27.4 Å². The van der Waals surface area contributed by atoms with Gasteiger partial charge in [-0.25, -0.2) is 4.79 Å². The number of fused-ring (bicyclic) bond motifs is 1. The number of esters is 2. The van der Waals surface area contributed by atoms with Gasteiger partial charge in [0.25, 0.3) is 0 Å². The molecule has 2 aliphatic carbocycles. The highest BCUT2D eigenvalue weighted by molar-refractivity contribution is 5.82.